The highest BCUT2D eigenvalue weighted by molar-refractivity contribution is 5.71. The molecule has 84 valence electrons. The zero-order valence-electron chi connectivity index (χ0n) is 9.77. The van der Waals surface area contributed by atoms with Gasteiger partial charge in [-0.25, -0.2) is 9.97 Å². The second-order valence-corrected chi connectivity index (χ2v) is 4.46. The van der Waals surface area contributed by atoms with Crippen molar-refractivity contribution in [3.05, 3.63) is 35.0 Å². The van der Waals surface area contributed by atoms with Crippen LogP contribution in [0.15, 0.2) is 29.5 Å². The number of hydrogen-bond acceptors (Lipinski definition) is 3. The summed E-state index contributed by atoms with van der Waals surface area (Å²) in [6.45, 7) is 6.09. The van der Waals surface area contributed by atoms with E-state index < -0.39 is 0 Å². The molecule has 0 aromatic carbocycles. The lowest BCUT2D eigenvalue weighted by Gasteiger charge is -2.25. The van der Waals surface area contributed by atoms with Crippen LogP contribution in [0, 0.1) is 0 Å². The summed E-state index contributed by atoms with van der Waals surface area (Å²) in [7, 11) is 0. The van der Waals surface area contributed by atoms with Crippen molar-refractivity contribution in [1.82, 2.24) is 14.5 Å². The molecule has 16 heavy (non-hydrogen) atoms. The Morgan fingerprint density at radius 3 is 2.81 bits per heavy atom. The van der Waals surface area contributed by atoms with Gasteiger partial charge in [0.15, 0.2) is 5.52 Å². The van der Waals surface area contributed by atoms with Crippen molar-refractivity contribution in [2.75, 3.05) is 0 Å². The maximum atomic E-state index is 12.2. The SMILES string of the molecule is CCC(C)(C)n1cnc2cccnc2c1=O. The lowest BCUT2D eigenvalue weighted by molar-refractivity contribution is 0.330. The minimum absolute atomic E-state index is 0.0718. The number of aromatic nitrogens is 3. The van der Waals surface area contributed by atoms with Gasteiger partial charge in [0.2, 0.25) is 0 Å². The predicted octanol–water partition coefficient (Wildman–Crippen LogP) is 1.94. The molecular weight excluding hydrogens is 202 g/mol. The second-order valence-electron chi connectivity index (χ2n) is 4.46. The Morgan fingerprint density at radius 1 is 1.38 bits per heavy atom. The average Bonchev–Trinajstić information content (AvgIpc) is 2.29. The molecule has 0 unspecified atom stereocenters. The van der Waals surface area contributed by atoms with Gasteiger partial charge < -0.3 is 0 Å². The van der Waals surface area contributed by atoms with Gasteiger partial charge in [-0.3, -0.25) is 9.36 Å². The lowest BCUT2D eigenvalue weighted by atomic mass is 10.0. The first kappa shape index (κ1) is 10.8. The van der Waals surface area contributed by atoms with Gasteiger partial charge in [0.25, 0.3) is 5.56 Å². The molecule has 0 saturated carbocycles. The molecule has 2 rings (SSSR count). The lowest BCUT2D eigenvalue weighted by Crippen LogP contribution is -2.36. The molecule has 0 bridgehead atoms. The first-order valence-corrected chi connectivity index (χ1v) is 5.39. The summed E-state index contributed by atoms with van der Waals surface area (Å²) in [4.78, 5) is 20.5. The Morgan fingerprint density at radius 2 is 2.12 bits per heavy atom. The summed E-state index contributed by atoms with van der Waals surface area (Å²) in [5.41, 5.74) is 0.787. The number of pyridine rings is 1. The summed E-state index contributed by atoms with van der Waals surface area (Å²) in [5, 5.41) is 0. The van der Waals surface area contributed by atoms with Crippen molar-refractivity contribution in [2.45, 2.75) is 32.7 Å². The van der Waals surface area contributed by atoms with E-state index in [0.717, 1.165) is 6.42 Å². The van der Waals surface area contributed by atoms with Crippen LogP contribution in [0.2, 0.25) is 0 Å². The summed E-state index contributed by atoms with van der Waals surface area (Å²) in [6, 6.07) is 3.58. The van der Waals surface area contributed by atoms with Crippen molar-refractivity contribution >= 4 is 11.0 Å². The minimum atomic E-state index is -0.226. The van der Waals surface area contributed by atoms with Crippen LogP contribution in [0.3, 0.4) is 0 Å². The standard InChI is InChI=1S/C12H15N3O/c1-4-12(2,3)15-8-14-9-6-5-7-13-10(9)11(15)16/h5-8H,4H2,1-3H3. The van der Waals surface area contributed by atoms with Crippen LogP contribution in [0.5, 0.6) is 0 Å². The molecule has 2 aromatic heterocycles. The Bertz CT molecular complexity index is 572. The number of rotatable bonds is 2. The predicted molar refractivity (Wildman–Crippen MR) is 63.4 cm³/mol. The Kier molecular flexibility index (Phi) is 2.50. The first-order valence-electron chi connectivity index (χ1n) is 5.39. The van der Waals surface area contributed by atoms with Crippen LogP contribution in [0.25, 0.3) is 11.0 Å². The Hall–Kier alpha value is -1.71. The fourth-order valence-corrected chi connectivity index (χ4v) is 1.55. The summed E-state index contributed by atoms with van der Waals surface area (Å²) < 4.78 is 1.66. The monoisotopic (exact) mass is 217 g/mol. The highest BCUT2D eigenvalue weighted by Gasteiger charge is 2.20. The fraction of sp³-hybridized carbons (Fsp3) is 0.417. The van der Waals surface area contributed by atoms with Gasteiger partial charge in [-0.1, -0.05) is 6.92 Å². The zero-order valence-corrected chi connectivity index (χ0v) is 9.77. The van der Waals surface area contributed by atoms with Gasteiger partial charge >= 0.3 is 0 Å². The van der Waals surface area contributed by atoms with Crippen LogP contribution in [-0.4, -0.2) is 14.5 Å². The molecule has 0 aliphatic rings. The highest BCUT2D eigenvalue weighted by atomic mass is 16.1. The molecule has 0 fully saturated rings. The fourth-order valence-electron chi connectivity index (χ4n) is 1.55. The van der Waals surface area contributed by atoms with E-state index >= 15 is 0 Å². The summed E-state index contributed by atoms with van der Waals surface area (Å²) in [6.07, 6.45) is 4.09. The summed E-state index contributed by atoms with van der Waals surface area (Å²) >= 11 is 0. The van der Waals surface area contributed by atoms with Crippen LogP contribution in [0.1, 0.15) is 27.2 Å². The van der Waals surface area contributed by atoms with E-state index in [-0.39, 0.29) is 11.1 Å². The van der Waals surface area contributed by atoms with Gasteiger partial charge in [0.1, 0.15) is 0 Å². The molecule has 0 radical (unpaired) electrons. The van der Waals surface area contributed by atoms with E-state index in [1.165, 1.54) is 0 Å². The van der Waals surface area contributed by atoms with Crippen LogP contribution >= 0.6 is 0 Å². The smallest absolute Gasteiger partial charge is 0.280 e. The van der Waals surface area contributed by atoms with Crippen molar-refractivity contribution in [3.8, 4) is 0 Å². The van der Waals surface area contributed by atoms with Gasteiger partial charge in [-0.2, -0.15) is 0 Å². The normalized spacial score (nSPS) is 11.9. The zero-order chi connectivity index (χ0) is 11.8. The number of fused-ring (bicyclic) bond motifs is 1. The number of hydrogen-bond donors (Lipinski definition) is 0. The average molecular weight is 217 g/mol. The summed E-state index contributed by atoms with van der Waals surface area (Å²) in [5.74, 6) is 0. The highest BCUT2D eigenvalue weighted by Crippen LogP contribution is 2.17. The molecule has 0 spiro atoms. The molecule has 4 nitrogen and oxygen atoms in total. The third-order valence-corrected chi connectivity index (χ3v) is 3.04. The molecule has 2 aromatic rings. The van der Waals surface area contributed by atoms with Crippen LogP contribution in [-0.2, 0) is 5.54 Å². The molecule has 0 saturated heterocycles. The Balaban J connectivity index is 2.76. The second kappa shape index (κ2) is 3.70. The van der Waals surface area contributed by atoms with E-state index in [1.54, 1.807) is 29.2 Å². The van der Waals surface area contributed by atoms with Crippen molar-refractivity contribution < 1.29 is 0 Å². The van der Waals surface area contributed by atoms with E-state index in [4.69, 9.17) is 0 Å². The molecule has 0 aliphatic heterocycles. The van der Waals surface area contributed by atoms with Crippen LogP contribution < -0.4 is 5.56 Å². The van der Waals surface area contributed by atoms with Crippen molar-refractivity contribution in [3.63, 3.8) is 0 Å². The van der Waals surface area contributed by atoms with Gasteiger partial charge in [-0.05, 0) is 32.4 Å². The maximum Gasteiger partial charge on any atom is 0.280 e. The topological polar surface area (TPSA) is 47.8 Å². The first-order chi connectivity index (χ1) is 7.56. The molecular formula is C12H15N3O. The van der Waals surface area contributed by atoms with Crippen molar-refractivity contribution in [2.24, 2.45) is 0 Å². The maximum absolute atomic E-state index is 12.2. The quantitative estimate of drug-likeness (QED) is 0.772. The Labute approximate surface area is 94.0 Å². The van der Waals surface area contributed by atoms with E-state index in [1.807, 2.05) is 13.8 Å². The van der Waals surface area contributed by atoms with Gasteiger partial charge in [0, 0.05) is 11.7 Å². The van der Waals surface area contributed by atoms with Crippen molar-refractivity contribution in [1.29, 1.82) is 0 Å². The van der Waals surface area contributed by atoms with Crippen LogP contribution in [0.4, 0.5) is 0 Å². The van der Waals surface area contributed by atoms with Gasteiger partial charge in [0.05, 0.1) is 11.8 Å². The molecule has 0 amide bonds. The number of nitrogens with zero attached hydrogens (tertiary/aromatic N) is 3. The molecule has 0 atom stereocenters. The molecule has 2 heterocycles. The third kappa shape index (κ3) is 1.60. The molecule has 0 N–H and O–H groups in total. The van der Waals surface area contributed by atoms with E-state index in [0.29, 0.717) is 11.0 Å². The largest absolute Gasteiger partial charge is 0.292 e. The van der Waals surface area contributed by atoms with E-state index in [2.05, 4.69) is 16.9 Å². The third-order valence-electron chi connectivity index (χ3n) is 3.04. The van der Waals surface area contributed by atoms with E-state index in [9.17, 15) is 4.79 Å². The minimum Gasteiger partial charge on any atom is -0.292 e. The molecule has 4 heteroatoms. The van der Waals surface area contributed by atoms with Gasteiger partial charge in [-0.15, -0.1) is 0 Å². The molecule has 0 aliphatic carbocycles.